The lowest BCUT2D eigenvalue weighted by molar-refractivity contribution is 0.324. The summed E-state index contributed by atoms with van der Waals surface area (Å²) in [6.07, 6.45) is 2.67. The van der Waals surface area contributed by atoms with Gasteiger partial charge in [0.25, 0.3) is 0 Å². The molecule has 2 N–H and O–H groups in total. The van der Waals surface area contributed by atoms with E-state index in [2.05, 4.69) is 17.4 Å². The van der Waals surface area contributed by atoms with Gasteiger partial charge in [0, 0.05) is 11.6 Å². The van der Waals surface area contributed by atoms with Crippen molar-refractivity contribution in [3.8, 4) is 23.0 Å². The first kappa shape index (κ1) is 17.4. The highest BCUT2D eigenvalue weighted by Gasteiger charge is 2.27. The number of nitrogens with one attached hydrogen (secondary N) is 1. The molecule has 2 aromatic rings. The second kappa shape index (κ2) is 7.66. The van der Waals surface area contributed by atoms with Crippen molar-refractivity contribution in [2.45, 2.75) is 25.3 Å². The molecule has 1 aliphatic rings. The highest BCUT2D eigenvalue weighted by molar-refractivity contribution is 5.60. The zero-order valence-electron chi connectivity index (χ0n) is 15.0. The van der Waals surface area contributed by atoms with Crippen LogP contribution in [0, 0.1) is 0 Å². The van der Waals surface area contributed by atoms with Gasteiger partial charge in [0.15, 0.2) is 11.5 Å². The average molecular weight is 343 g/mol. The molecule has 1 aliphatic heterocycles. The Morgan fingerprint density at radius 2 is 1.84 bits per heavy atom. The molecule has 5 nitrogen and oxygen atoms in total. The Hall–Kier alpha value is -2.40. The minimum Gasteiger partial charge on any atom is -0.504 e. The number of hydrogen-bond donors (Lipinski definition) is 2. The quantitative estimate of drug-likeness (QED) is 0.843. The van der Waals surface area contributed by atoms with Crippen molar-refractivity contribution in [3.63, 3.8) is 0 Å². The third-order valence-electron chi connectivity index (χ3n) is 4.78. The number of phenols is 1. The van der Waals surface area contributed by atoms with Gasteiger partial charge in [-0.05, 0) is 55.1 Å². The summed E-state index contributed by atoms with van der Waals surface area (Å²) in [5, 5.41) is 14.2. The van der Waals surface area contributed by atoms with E-state index < -0.39 is 0 Å². The first-order chi connectivity index (χ1) is 12.2. The van der Waals surface area contributed by atoms with Crippen molar-refractivity contribution < 1.29 is 19.3 Å². The molecule has 3 rings (SSSR count). The van der Waals surface area contributed by atoms with Crippen LogP contribution in [0.2, 0.25) is 0 Å². The number of hydrogen-bond acceptors (Lipinski definition) is 5. The van der Waals surface area contributed by atoms with Crippen LogP contribution in [0.25, 0.3) is 0 Å². The maximum Gasteiger partial charge on any atom is 0.203 e. The molecule has 134 valence electrons. The van der Waals surface area contributed by atoms with Gasteiger partial charge >= 0.3 is 0 Å². The molecule has 2 aromatic carbocycles. The molecule has 0 saturated carbocycles. The third kappa shape index (κ3) is 3.51. The molecule has 1 atom stereocenters. The minimum absolute atomic E-state index is 0.0886. The Labute approximate surface area is 148 Å². The van der Waals surface area contributed by atoms with Crippen molar-refractivity contribution in [2.75, 3.05) is 27.9 Å². The van der Waals surface area contributed by atoms with Gasteiger partial charge in [-0.15, -0.1) is 0 Å². The van der Waals surface area contributed by atoms with Gasteiger partial charge in [0.2, 0.25) is 5.75 Å². The van der Waals surface area contributed by atoms with Crippen LogP contribution in [0.5, 0.6) is 23.0 Å². The SMILES string of the molecule is COc1ccc(CCC2NCCc3cc(OC)c(OC)c(O)c32)cc1. The van der Waals surface area contributed by atoms with E-state index in [1.807, 2.05) is 18.2 Å². The van der Waals surface area contributed by atoms with E-state index in [9.17, 15) is 5.11 Å². The van der Waals surface area contributed by atoms with Crippen molar-refractivity contribution in [1.29, 1.82) is 0 Å². The normalized spacial score (nSPS) is 16.2. The van der Waals surface area contributed by atoms with Crippen LogP contribution in [0.1, 0.15) is 29.2 Å². The van der Waals surface area contributed by atoms with Gasteiger partial charge in [-0.3, -0.25) is 0 Å². The van der Waals surface area contributed by atoms with E-state index in [1.165, 1.54) is 5.56 Å². The largest absolute Gasteiger partial charge is 0.504 e. The first-order valence-corrected chi connectivity index (χ1v) is 8.51. The van der Waals surface area contributed by atoms with Crippen LogP contribution in [0.3, 0.4) is 0 Å². The Bertz CT molecular complexity index is 727. The van der Waals surface area contributed by atoms with E-state index in [1.54, 1.807) is 21.3 Å². The van der Waals surface area contributed by atoms with Crippen molar-refractivity contribution in [3.05, 3.63) is 47.0 Å². The molecule has 0 aliphatic carbocycles. The van der Waals surface area contributed by atoms with Gasteiger partial charge in [0.1, 0.15) is 5.75 Å². The minimum atomic E-state index is 0.0886. The van der Waals surface area contributed by atoms with Crippen LogP contribution < -0.4 is 19.5 Å². The lowest BCUT2D eigenvalue weighted by Crippen LogP contribution is -2.30. The van der Waals surface area contributed by atoms with Gasteiger partial charge in [-0.2, -0.15) is 0 Å². The molecular weight excluding hydrogens is 318 g/mol. The van der Waals surface area contributed by atoms with E-state index >= 15 is 0 Å². The number of phenolic OH excluding ortho intramolecular Hbond substituents is 1. The summed E-state index contributed by atoms with van der Waals surface area (Å²) < 4.78 is 15.9. The molecule has 0 radical (unpaired) electrons. The molecule has 5 heteroatoms. The maximum absolute atomic E-state index is 10.7. The Morgan fingerprint density at radius 1 is 1.08 bits per heavy atom. The average Bonchev–Trinajstić information content (AvgIpc) is 2.66. The van der Waals surface area contributed by atoms with Crippen molar-refractivity contribution >= 4 is 0 Å². The molecule has 0 saturated heterocycles. The van der Waals surface area contributed by atoms with Crippen LogP contribution in [0.4, 0.5) is 0 Å². The molecule has 1 heterocycles. The third-order valence-corrected chi connectivity index (χ3v) is 4.78. The van der Waals surface area contributed by atoms with E-state index in [0.29, 0.717) is 11.5 Å². The van der Waals surface area contributed by atoms with E-state index in [4.69, 9.17) is 14.2 Å². The second-order valence-electron chi connectivity index (χ2n) is 6.18. The Balaban J connectivity index is 1.83. The van der Waals surface area contributed by atoms with Crippen LogP contribution in [0.15, 0.2) is 30.3 Å². The van der Waals surface area contributed by atoms with Gasteiger partial charge in [-0.25, -0.2) is 0 Å². The fraction of sp³-hybridized carbons (Fsp3) is 0.400. The number of methoxy groups -OCH3 is 3. The number of benzene rings is 2. The Kier molecular flexibility index (Phi) is 5.34. The summed E-state index contributed by atoms with van der Waals surface area (Å²) in [6, 6.07) is 10.2. The molecular formula is C20H25NO4. The molecule has 0 spiro atoms. The number of rotatable bonds is 6. The summed E-state index contributed by atoms with van der Waals surface area (Å²) in [4.78, 5) is 0. The smallest absolute Gasteiger partial charge is 0.203 e. The van der Waals surface area contributed by atoms with Gasteiger partial charge < -0.3 is 24.6 Å². The Morgan fingerprint density at radius 3 is 2.48 bits per heavy atom. The lowest BCUT2D eigenvalue weighted by Gasteiger charge is -2.29. The van der Waals surface area contributed by atoms with Gasteiger partial charge in [0.05, 0.1) is 21.3 Å². The summed E-state index contributed by atoms with van der Waals surface area (Å²) in [5.41, 5.74) is 3.29. The first-order valence-electron chi connectivity index (χ1n) is 8.51. The summed E-state index contributed by atoms with van der Waals surface area (Å²) in [7, 11) is 4.81. The standard InChI is InChI=1S/C20H25NO4/c1-23-15-7-4-13(5-8-15)6-9-16-18-14(10-11-21-16)12-17(24-2)20(25-3)19(18)22/h4-5,7-8,12,16,21-22H,6,9-11H2,1-3H3. The van der Waals surface area contributed by atoms with E-state index in [0.717, 1.165) is 42.7 Å². The van der Waals surface area contributed by atoms with E-state index in [-0.39, 0.29) is 11.8 Å². The topological polar surface area (TPSA) is 60.0 Å². The zero-order chi connectivity index (χ0) is 17.8. The molecule has 0 amide bonds. The summed E-state index contributed by atoms with van der Waals surface area (Å²) >= 11 is 0. The van der Waals surface area contributed by atoms with Gasteiger partial charge in [-0.1, -0.05) is 12.1 Å². The fourth-order valence-corrected chi connectivity index (χ4v) is 3.47. The number of aryl methyl sites for hydroxylation is 1. The highest BCUT2D eigenvalue weighted by Crippen LogP contribution is 2.45. The molecule has 1 unspecified atom stereocenters. The van der Waals surface area contributed by atoms with Crippen LogP contribution in [-0.2, 0) is 12.8 Å². The summed E-state index contributed by atoms with van der Waals surface area (Å²) in [6.45, 7) is 0.884. The van der Waals surface area contributed by atoms with Crippen molar-refractivity contribution in [2.24, 2.45) is 0 Å². The fourth-order valence-electron chi connectivity index (χ4n) is 3.47. The predicted molar refractivity (Wildman–Crippen MR) is 97.0 cm³/mol. The monoisotopic (exact) mass is 343 g/mol. The molecule has 0 fully saturated rings. The molecule has 25 heavy (non-hydrogen) atoms. The second-order valence-corrected chi connectivity index (χ2v) is 6.18. The van der Waals surface area contributed by atoms with Crippen LogP contribution >= 0.6 is 0 Å². The summed E-state index contributed by atoms with van der Waals surface area (Å²) in [5.74, 6) is 2.03. The number of aromatic hydroxyl groups is 1. The molecule has 0 aromatic heterocycles. The number of fused-ring (bicyclic) bond motifs is 1. The lowest BCUT2D eigenvalue weighted by atomic mass is 9.89. The maximum atomic E-state index is 10.7. The number of ether oxygens (including phenoxy) is 3. The zero-order valence-corrected chi connectivity index (χ0v) is 15.0. The predicted octanol–water partition coefficient (Wildman–Crippen LogP) is 3.24. The molecule has 0 bridgehead atoms. The van der Waals surface area contributed by atoms with Crippen molar-refractivity contribution in [1.82, 2.24) is 5.32 Å². The highest BCUT2D eigenvalue weighted by atomic mass is 16.5. The van der Waals surface area contributed by atoms with Crippen LogP contribution in [-0.4, -0.2) is 33.0 Å².